The average molecular weight is 275 g/mol. The van der Waals surface area contributed by atoms with E-state index < -0.39 is 5.97 Å². The molecule has 1 aromatic carbocycles. The van der Waals surface area contributed by atoms with Crippen LogP contribution in [0.3, 0.4) is 0 Å². The first-order valence-electron chi connectivity index (χ1n) is 7.00. The fraction of sp³-hybridized carbons (Fsp3) is 0.500. The third-order valence-corrected chi connectivity index (χ3v) is 3.51. The molecule has 0 saturated heterocycles. The van der Waals surface area contributed by atoms with E-state index in [2.05, 4.69) is 5.32 Å². The Labute approximate surface area is 119 Å². The number of carbonyl (C=O) groups is 2. The molecule has 2 rings (SSSR count). The van der Waals surface area contributed by atoms with Crippen molar-refractivity contribution in [1.82, 2.24) is 5.32 Å². The smallest absolute Gasteiger partial charge is 0.338 e. The maximum Gasteiger partial charge on any atom is 0.338 e. The van der Waals surface area contributed by atoms with Crippen molar-refractivity contribution in [3.05, 3.63) is 34.9 Å². The van der Waals surface area contributed by atoms with Crippen LogP contribution in [0, 0.1) is 19.8 Å². The van der Waals surface area contributed by atoms with Gasteiger partial charge in [0.2, 0.25) is 0 Å². The minimum atomic E-state index is -0.453. The lowest BCUT2D eigenvalue weighted by Crippen LogP contribution is -2.37. The van der Waals surface area contributed by atoms with Crippen LogP contribution in [-0.4, -0.2) is 24.5 Å². The van der Waals surface area contributed by atoms with Crippen LogP contribution in [0.2, 0.25) is 0 Å². The van der Waals surface area contributed by atoms with E-state index in [1.165, 1.54) is 12.8 Å². The van der Waals surface area contributed by atoms with Crippen molar-refractivity contribution in [3.8, 4) is 0 Å². The summed E-state index contributed by atoms with van der Waals surface area (Å²) in [6.07, 6.45) is 2.34. The van der Waals surface area contributed by atoms with E-state index in [9.17, 15) is 9.59 Å². The summed E-state index contributed by atoms with van der Waals surface area (Å²) in [7, 11) is 0. The molecule has 0 unspecified atom stereocenters. The minimum absolute atomic E-state index is 0.169. The Bertz CT molecular complexity index is 500. The largest absolute Gasteiger partial charge is 0.452 e. The van der Waals surface area contributed by atoms with Crippen molar-refractivity contribution in [1.29, 1.82) is 0 Å². The third-order valence-electron chi connectivity index (χ3n) is 3.51. The molecule has 1 amide bonds. The van der Waals surface area contributed by atoms with Gasteiger partial charge in [0.05, 0.1) is 5.56 Å². The number of hydrogen-bond acceptors (Lipinski definition) is 3. The van der Waals surface area contributed by atoms with E-state index in [1.807, 2.05) is 26.8 Å². The van der Waals surface area contributed by atoms with E-state index in [0.29, 0.717) is 11.5 Å². The Morgan fingerprint density at radius 2 is 1.85 bits per heavy atom. The second kappa shape index (κ2) is 6.07. The molecular weight excluding hydrogens is 254 g/mol. The van der Waals surface area contributed by atoms with Gasteiger partial charge in [-0.15, -0.1) is 0 Å². The molecule has 1 aliphatic carbocycles. The highest BCUT2D eigenvalue weighted by atomic mass is 16.5. The Morgan fingerprint density at radius 1 is 1.25 bits per heavy atom. The summed E-state index contributed by atoms with van der Waals surface area (Å²) < 4.78 is 5.05. The molecule has 4 heteroatoms. The fourth-order valence-corrected chi connectivity index (χ4v) is 2.32. The predicted octanol–water partition coefficient (Wildman–Crippen LogP) is 2.37. The summed E-state index contributed by atoms with van der Waals surface area (Å²) in [5, 5.41) is 2.86. The van der Waals surface area contributed by atoms with Crippen LogP contribution in [-0.2, 0) is 9.53 Å². The number of benzene rings is 1. The molecular formula is C16H21NO3. The zero-order valence-corrected chi connectivity index (χ0v) is 12.2. The molecule has 1 aliphatic rings. The first kappa shape index (κ1) is 14.6. The van der Waals surface area contributed by atoms with E-state index in [-0.39, 0.29) is 18.6 Å². The second-order valence-corrected chi connectivity index (χ2v) is 5.65. The molecule has 1 atom stereocenters. The molecule has 20 heavy (non-hydrogen) atoms. The van der Waals surface area contributed by atoms with Crippen molar-refractivity contribution in [3.63, 3.8) is 0 Å². The fourth-order valence-electron chi connectivity index (χ4n) is 2.32. The molecule has 0 aromatic heterocycles. The first-order chi connectivity index (χ1) is 9.45. The first-order valence-corrected chi connectivity index (χ1v) is 7.00. The number of ether oxygens (including phenoxy) is 1. The number of amides is 1. The summed E-state index contributed by atoms with van der Waals surface area (Å²) in [5.74, 6) is -0.0952. The van der Waals surface area contributed by atoms with Crippen molar-refractivity contribution < 1.29 is 14.3 Å². The van der Waals surface area contributed by atoms with Crippen LogP contribution >= 0.6 is 0 Å². The Kier molecular flexibility index (Phi) is 4.42. The molecule has 0 radical (unpaired) electrons. The van der Waals surface area contributed by atoms with Gasteiger partial charge in [-0.05, 0) is 51.7 Å². The number of rotatable bonds is 5. The lowest BCUT2D eigenvalue weighted by Gasteiger charge is -2.13. The van der Waals surface area contributed by atoms with E-state index >= 15 is 0 Å². The molecule has 1 N–H and O–H groups in total. The van der Waals surface area contributed by atoms with Crippen molar-refractivity contribution in [2.45, 2.75) is 39.7 Å². The monoisotopic (exact) mass is 275 g/mol. The Hall–Kier alpha value is -1.84. The number of aryl methyl sites for hydroxylation is 2. The van der Waals surface area contributed by atoms with Gasteiger partial charge in [-0.3, -0.25) is 4.79 Å². The molecule has 1 fully saturated rings. The minimum Gasteiger partial charge on any atom is -0.452 e. The van der Waals surface area contributed by atoms with E-state index in [4.69, 9.17) is 4.74 Å². The number of carbonyl (C=O) groups excluding carboxylic acids is 2. The second-order valence-electron chi connectivity index (χ2n) is 5.65. The molecule has 0 bridgehead atoms. The van der Waals surface area contributed by atoms with Gasteiger partial charge in [0.25, 0.3) is 5.91 Å². The summed E-state index contributed by atoms with van der Waals surface area (Å²) in [6, 6.07) is 5.68. The molecule has 4 nitrogen and oxygen atoms in total. The molecule has 108 valence electrons. The highest BCUT2D eigenvalue weighted by molar-refractivity contribution is 5.91. The molecule has 1 aromatic rings. The van der Waals surface area contributed by atoms with Gasteiger partial charge in [0, 0.05) is 6.04 Å². The van der Waals surface area contributed by atoms with Gasteiger partial charge in [-0.25, -0.2) is 4.79 Å². The Morgan fingerprint density at radius 3 is 2.40 bits per heavy atom. The highest BCUT2D eigenvalue weighted by Gasteiger charge is 2.28. The van der Waals surface area contributed by atoms with Crippen molar-refractivity contribution in [2.75, 3.05) is 6.61 Å². The SMILES string of the molecule is Cc1cc(C)cc(C(=O)OCC(=O)N[C@H](C)C2CC2)c1. The van der Waals surface area contributed by atoms with E-state index in [1.54, 1.807) is 12.1 Å². The zero-order chi connectivity index (χ0) is 14.7. The summed E-state index contributed by atoms with van der Waals surface area (Å²) >= 11 is 0. The normalized spacial score (nSPS) is 15.6. The lowest BCUT2D eigenvalue weighted by atomic mass is 10.1. The van der Waals surface area contributed by atoms with Crippen molar-refractivity contribution >= 4 is 11.9 Å². The highest BCUT2D eigenvalue weighted by Crippen LogP contribution is 2.32. The van der Waals surface area contributed by atoms with Gasteiger partial charge in [0.1, 0.15) is 0 Å². The number of nitrogens with one attached hydrogen (secondary N) is 1. The summed E-state index contributed by atoms with van der Waals surface area (Å²) in [4.78, 5) is 23.6. The maximum atomic E-state index is 11.9. The number of esters is 1. The standard InChI is InChI=1S/C16H21NO3/c1-10-6-11(2)8-14(7-10)16(19)20-9-15(18)17-12(3)13-4-5-13/h6-8,12-13H,4-5,9H2,1-3H3,(H,17,18)/t12-/m1/s1. The van der Waals surface area contributed by atoms with Crippen LogP contribution in [0.25, 0.3) is 0 Å². The maximum absolute atomic E-state index is 11.9. The van der Waals surface area contributed by atoms with Gasteiger partial charge < -0.3 is 10.1 Å². The average Bonchev–Trinajstić information content (AvgIpc) is 3.18. The topological polar surface area (TPSA) is 55.4 Å². The van der Waals surface area contributed by atoms with Gasteiger partial charge in [-0.1, -0.05) is 17.2 Å². The van der Waals surface area contributed by atoms with E-state index in [0.717, 1.165) is 11.1 Å². The summed E-state index contributed by atoms with van der Waals surface area (Å²) in [5.41, 5.74) is 2.50. The van der Waals surface area contributed by atoms with Gasteiger partial charge >= 0.3 is 5.97 Å². The summed E-state index contributed by atoms with van der Waals surface area (Å²) in [6.45, 7) is 5.62. The van der Waals surface area contributed by atoms with Crippen LogP contribution in [0.4, 0.5) is 0 Å². The molecule has 0 aliphatic heterocycles. The van der Waals surface area contributed by atoms with Crippen molar-refractivity contribution in [2.24, 2.45) is 5.92 Å². The zero-order valence-electron chi connectivity index (χ0n) is 12.2. The molecule has 1 saturated carbocycles. The molecule has 0 heterocycles. The van der Waals surface area contributed by atoms with Crippen LogP contribution in [0.15, 0.2) is 18.2 Å². The quantitative estimate of drug-likeness (QED) is 0.839. The molecule has 0 spiro atoms. The predicted molar refractivity (Wildman–Crippen MR) is 76.5 cm³/mol. The van der Waals surface area contributed by atoms with Crippen LogP contribution in [0.5, 0.6) is 0 Å². The lowest BCUT2D eigenvalue weighted by molar-refractivity contribution is -0.124. The third kappa shape index (κ3) is 4.08. The van der Waals surface area contributed by atoms with Gasteiger partial charge in [-0.2, -0.15) is 0 Å². The van der Waals surface area contributed by atoms with Crippen LogP contribution in [0.1, 0.15) is 41.3 Å². The van der Waals surface area contributed by atoms with Crippen LogP contribution < -0.4 is 5.32 Å². The Balaban J connectivity index is 1.83. The van der Waals surface area contributed by atoms with Gasteiger partial charge in [0.15, 0.2) is 6.61 Å². The number of hydrogen-bond donors (Lipinski definition) is 1.